The maximum atomic E-state index is 5.40. The van der Waals surface area contributed by atoms with Gasteiger partial charge in [-0.25, -0.2) is 4.98 Å². The molecular formula is C15H18N2O2. The van der Waals surface area contributed by atoms with Gasteiger partial charge in [0.15, 0.2) is 0 Å². The van der Waals surface area contributed by atoms with Crippen molar-refractivity contribution in [3.63, 3.8) is 0 Å². The number of benzene rings is 1. The van der Waals surface area contributed by atoms with Gasteiger partial charge in [0.1, 0.15) is 6.61 Å². The minimum atomic E-state index is 0.514. The first-order valence-corrected chi connectivity index (χ1v) is 6.24. The summed E-state index contributed by atoms with van der Waals surface area (Å²) in [4.78, 5) is 4.22. The van der Waals surface area contributed by atoms with E-state index in [1.54, 1.807) is 13.3 Å². The van der Waals surface area contributed by atoms with Gasteiger partial charge >= 0.3 is 0 Å². The Hall–Kier alpha value is -2.07. The zero-order valence-electron chi connectivity index (χ0n) is 11.0. The lowest BCUT2D eigenvalue weighted by Crippen LogP contribution is -2.05. The molecule has 0 amide bonds. The fraction of sp³-hybridized carbons (Fsp3) is 0.267. The zero-order valence-corrected chi connectivity index (χ0v) is 11.0. The van der Waals surface area contributed by atoms with Gasteiger partial charge in [-0.15, -0.1) is 0 Å². The molecule has 19 heavy (non-hydrogen) atoms. The van der Waals surface area contributed by atoms with Crippen molar-refractivity contribution in [1.29, 1.82) is 0 Å². The summed E-state index contributed by atoms with van der Waals surface area (Å²) in [6.45, 7) is 1.86. The molecule has 1 heterocycles. The quantitative estimate of drug-likeness (QED) is 0.775. The first kappa shape index (κ1) is 13.4. The smallest absolute Gasteiger partial charge is 0.213 e. The van der Waals surface area contributed by atoms with Crippen LogP contribution < -0.4 is 10.1 Å². The van der Waals surface area contributed by atoms with E-state index in [-0.39, 0.29) is 0 Å². The normalized spacial score (nSPS) is 10.2. The summed E-state index contributed by atoms with van der Waals surface area (Å²) >= 11 is 0. The van der Waals surface area contributed by atoms with Gasteiger partial charge in [0.05, 0.1) is 18.5 Å². The zero-order chi connectivity index (χ0) is 13.3. The molecule has 0 saturated heterocycles. The maximum Gasteiger partial charge on any atom is 0.213 e. The average Bonchev–Trinajstić information content (AvgIpc) is 2.48. The molecule has 2 rings (SSSR count). The number of rotatable bonds is 7. The minimum absolute atomic E-state index is 0.514. The highest BCUT2D eigenvalue weighted by molar-refractivity contribution is 5.42. The molecule has 0 radical (unpaired) electrons. The predicted octanol–water partition coefficient (Wildman–Crippen LogP) is 2.72. The van der Waals surface area contributed by atoms with E-state index >= 15 is 0 Å². The van der Waals surface area contributed by atoms with Crippen molar-refractivity contribution in [3.05, 3.63) is 54.2 Å². The summed E-state index contributed by atoms with van der Waals surface area (Å²) in [6, 6.07) is 14.0. The number of aromatic nitrogens is 1. The van der Waals surface area contributed by atoms with Crippen LogP contribution in [0.1, 0.15) is 5.56 Å². The third-order valence-electron chi connectivity index (χ3n) is 2.61. The number of anilines is 1. The van der Waals surface area contributed by atoms with Crippen molar-refractivity contribution in [2.24, 2.45) is 0 Å². The van der Waals surface area contributed by atoms with Gasteiger partial charge in [0.25, 0.3) is 0 Å². The summed E-state index contributed by atoms with van der Waals surface area (Å²) in [6.07, 6.45) is 1.77. The molecule has 0 aliphatic carbocycles. The summed E-state index contributed by atoms with van der Waals surface area (Å²) in [5.41, 5.74) is 2.21. The highest BCUT2D eigenvalue weighted by Crippen LogP contribution is 2.12. The molecule has 100 valence electrons. The number of nitrogens with zero attached hydrogens (tertiary/aromatic N) is 1. The van der Waals surface area contributed by atoms with Crippen molar-refractivity contribution in [1.82, 2.24) is 4.98 Å². The Labute approximate surface area is 113 Å². The Morgan fingerprint density at radius 3 is 2.58 bits per heavy atom. The van der Waals surface area contributed by atoms with Crippen molar-refractivity contribution < 1.29 is 9.47 Å². The van der Waals surface area contributed by atoms with E-state index in [0.29, 0.717) is 19.1 Å². The van der Waals surface area contributed by atoms with Gasteiger partial charge in [0, 0.05) is 19.7 Å². The molecule has 0 aliphatic heterocycles. The Bertz CT molecular complexity index is 471. The highest BCUT2D eigenvalue weighted by Gasteiger charge is 1.97. The highest BCUT2D eigenvalue weighted by atomic mass is 16.5. The number of methoxy groups -OCH3 is 1. The third kappa shape index (κ3) is 4.60. The number of hydrogen-bond acceptors (Lipinski definition) is 4. The molecule has 0 saturated carbocycles. The van der Waals surface area contributed by atoms with Gasteiger partial charge in [-0.3, -0.25) is 0 Å². The van der Waals surface area contributed by atoms with E-state index in [9.17, 15) is 0 Å². The van der Waals surface area contributed by atoms with Crippen LogP contribution in [0.4, 0.5) is 5.69 Å². The average molecular weight is 258 g/mol. The molecule has 2 aromatic rings. The molecule has 4 nitrogen and oxygen atoms in total. The second-order valence-corrected chi connectivity index (χ2v) is 4.07. The molecule has 0 unspecified atom stereocenters. The molecule has 0 atom stereocenters. The Morgan fingerprint density at radius 2 is 1.89 bits per heavy atom. The van der Waals surface area contributed by atoms with Crippen LogP contribution in [0.25, 0.3) is 0 Å². The summed E-state index contributed by atoms with van der Waals surface area (Å²) in [7, 11) is 1.65. The maximum absolute atomic E-state index is 5.40. The molecule has 1 aromatic carbocycles. The standard InChI is InChI=1S/C15H18N2O2/c1-18-9-10-19-15-8-7-14(12-17-15)16-11-13-5-3-2-4-6-13/h2-8,12,16H,9-11H2,1H3. The first-order chi connectivity index (χ1) is 9.38. The Morgan fingerprint density at radius 1 is 1.05 bits per heavy atom. The lowest BCUT2D eigenvalue weighted by Gasteiger charge is -2.08. The molecule has 0 spiro atoms. The second kappa shape index (κ2) is 7.38. The van der Waals surface area contributed by atoms with Crippen molar-refractivity contribution in [2.45, 2.75) is 6.54 Å². The number of pyridine rings is 1. The molecule has 0 aliphatic rings. The van der Waals surface area contributed by atoms with Crippen molar-refractivity contribution >= 4 is 5.69 Å². The van der Waals surface area contributed by atoms with Crippen LogP contribution in [0.2, 0.25) is 0 Å². The van der Waals surface area contributed by atoms with Crippen LogP contribution in [0.15, 0.2) is 48.7 Å². The molecular weight excluding hydrogens is 240 g/mol. The van der Waals surface area contributed by atoms with E-state index in [2.05, 4.69) is 22.4 Å². The lowest BCUT2D eigenvalue weighted by atomic mass is 10.2. The van der Waals surface area contributed by atoms with E-state index in [1.165, 1.54) is 5.56 Å². The van der Waals surface area contributed by atoms with Crippen LogP contribution in [0.3, 0.4) is 0 Å². The Balaban J connectivity index is 1.81. The molecule has 1 N–H and O–H groups in total. The summed E-state index contributed by atoms with van der Waals surface area (Å²) in [5.74, 6) is 0.613. The lowest BCUT2D eigenvalue weighted by molar-refractivity contribution is 0.144. The van der Waals surface area contributed by atoms with E-state index in [4.69, 9.17) is 9.47 Å². The van der Waals surface area contributed by atoms with Crippen LogP contribution in [0, 0.1) is 0 Å². The van der Waals surface area contributed by atoms with Crippen molar-refractivity contribution in [2.75, 3.05) is 25.6 Å². The number of ether oxygens (including phenoxy) is 2. The summed E-state index contributed by atoms with van der Waals surface area (Å²) < 4.78 is 10.3. The van der Waals surface area contributed by atoms with Crippen LogP contribution in [-0.2, 0) is 11.3 Å². The number of hydrogen-bond donors (Lipinski definition) is 1. The van der Waals surface area contributed by atoms with Gasteiger partial charge in [-0.1, -0.05) is 30.3 Å². The first-order valence-electron chi connectivity index (χ1n) is 6.24. The van der Waals surface area contributed by atoms with Gasteiger partial charge in [0.2, 0.25) is 5.88 Å². The van der Waals surface area contributed by atoms with Crippen LogP contribution >= 0.6 is 0 Å². The topological polar surface area (TPSA) is 43.4 Å². The van der Waals surface area contributed by atoms with E-state index in [0.717, 1.165) is 12.2 Å². The summed E-state index contributed by atoms with van der Waals surface area (Å²) in [5, 5.41) is 3.31. The predicted molar refractivity (Wildman–Crippen MR) is 75.4 cm³/mol. The van der Waals surface area contributed by atoms with Crippen molar-refractivity contribution in [3.8, 4) is 5.88 Å². The SMILES string of the molecule is COCCOc1ccc(NCc2ccccc2)cn1. The Kier molecular flexibility index (Phi) is 5.19. The fourth-order valence-electron chi connectivity index (χ4n) is 1.60. The third-order valence-corrected chi connectivity index (χ3v) is 2.61. The largest absolute Gasteiger partial charge is 0.475 e. The number of nitrogens with one attached hydrogen (secondary N) is 1. The van der Waals surface area contributed by atoms with E-state index < -0.39 is 0 Å². The van der Waals surface area contributed by atoms with Crippen LogP contribution in [0.5, 0.6) is 5.88 Å². The van der Waals surface area contributed by atoms with Crippen LogP contribution in [-0.4, -0.2) is 25.3 Å². The fourth-order valence-corrected chi connectivity index (χ4v) is 1.60. The van der Waals surface area contributed by atoms with E-state index in [1.807, 2.05) is 30.3 Å². The monoisotopic (exact) mass is 258 g/mol. The molecule has 4 heteroatoms. The molecule has 0 fully saturated rings. The molecule has 0 bridgehead atoms. The minimum Gasteiger partial charge on any atom is -0.475 e. The van der Waals surface area contributed by atoms with Gasteiger partial charge < -0.3 is 14.8 Å². The molecule has 1 aromatic heterocycles. The van der Waals surface area contributed by atoms with Gasteiger partial charge in [-0.2, -0.15) is 0 Å². The second-order valence-electron chi connectivity index (χ2n) is 4.07. The van der Waals surface area contributed by atoms with Gasteiger partial charge in [-0.05, 0) is 11.6 Å².